The molecule has 0 unspecified atom stereocenters. The van der Waals surface area contributed by atoms with Gasteiger partial charge in [0.05, 0.1) is 19.2 Å². The number of benzene rings is 2. The van der Waals surface area contributed by atoms with Crippen LogP contribution in [0.15, 0.2) is 36.4 Å². The van der Waals surface area contributed by atoms with Crippen LogP contribution in [-0.2, 0) is 5.41 Å². The number of halogens is 2. The summed E-state index contributed by atoms with van der Waals surface area (Å²) in [4.78, 5) is 14.9. The molecule has 0 aromatic heterocycles. The summed E-state index contributed by atoms with van der Waals surface area (Å²) in [5.41, 5.74) is 1.74. The van der Waals surface area contributed by atoms with Crippen molar-refractivity contribution in [3.63, 3.8) is 0 Å². The summed E-state index contributed by atoms with van der Waals surface area (Å²) < 4.78 is 24.3. The van der Waals surface area contributed by atoms with Gasteiger partial charge in [0.2, 0.25) is 0 Å². The molecule has 2 amide bonds. The van der Waals surface area contributed by atoms with Crippen LogP contribution in [-0.4, -0.2) is 50.8 Å². The van der Waals surface area contributed by atoms with Gasteiger partial charge in [-0.2, -0.15) is 0 Å². The summed E-state index contributed by atoms with van der Waals surface area (Å²) >= 11 is 5.81. The molecule has 0 spiro atoms. The summed E-state index contributed by atoms with van der Waals surface area (Å²) in [6, 6.07) is 10.4. The van der Waals surface area contributed by atoms with Crippen molar-refractivity contribution in [1.29, 1.82) is 0 Å². The van der Waals surface area contributed by atoms with Gasteiger partial charge >= 0.3 is 6.03 Å². The van der Waals surface area contributed by atoms with Crippen LogP contribution in [0.1, 0.15) is 31.2 Å². The van der Waals surface area contributed by atoms with E-state index in [0.717, 1.165) is 43.7 Å². The number of fused-ring (bicyclic) bond motifs is 1. The number of methoxy groups -OCH3 is 2. The second-order valence-electron chi connectivity index (χ2n) is 8.67. The topological polar surface area (TPSA) is 62.8 Å². The number of amides is 2. The summed E-state index contributed by atoms with van der Waals surface area (Å²) in [5.74, 6) is 0.953. The van der Waals surface area contributed by atoms with Crippen LogP contribution in [0.2, 0.25) is 5.02 Å². The number of hydrogen-bond donors (Lipinski definition) is 2. The van der Waals surface area contributed by atoms with Crippen LogP contribution in [0.5, 0.6) is 11.5 Å². The van der Waals surface area contributed by atoms with Crippen molar-refractivity contribution in [3.05, 3.63) is 52.8 Å². The zero-order valence-electron chi connectivity index (χ0n) is 18.6. The second kappa shape index (κ2) is 9.16. The molecule has 8 heteroatoms. The molecular weight excluding hydrogens is 433 g/mol. The maximum Gasteiger partial charge on any atom is 0.319 e. The Hall–Kier alpha value is -2.51. The van der Waals surface area contributed by atoms with Crippen LogP contribution in [0.3, 0.4) is 0 Å². The Morgan fingerprint density at radius 1 is 1.16 bits per heavy atom. The Morgan fingerprint density at radius 2 is 1.94 bits per heavy atom. The third kappa shape index (κ3) is 4.24. The Kier molecular flexibility index (Phi) is 6.49. The highest BCUT2D eigenvalue weighted by Crippen LogP contribution is 2.49. The third-order valence-electron chi connectivity index (χ3n) is 7.00. The van der Waals surface area contributed by atoms with Gasteiger partial charge in [0.15, 0.2) is 11.5 Å². The minimum atomic E-state index is -0.513. The molecule has 32 heavy (non-hydrogen) atoms. The number of nitrogens with zero attached hydrogens (tertiary/aromatic N) is 1. The molecule has 1 saturated carbocycles. The van der Waals surface area contributed by atoms with Crippen LogP contribution >= 0.6 is 11.6 Å². The van der Waals surface area contributed by atoms with Crippen LogP contribution in [0, 0.1) is 5.82 Å². The lowest BCUT2D eigenvalue weighted by atomic mass is 9.65. The monoisotopic (exact) mass is 461 g/mol. The van der Waals surface area contributed by atoms with Crippen molar-refractivity contribution < 1.29 is 18.7 Å². The van der Waals surface area contributed by atoms with Gasteiger partial charge in [-0.25, -0.2) is 9.18 Å². The molecule has 1 aliphatic carbocycles. The van der Waals surface area contributed by atoms with Crippen molar-refractivity contribution in [2.24, 2.45) is 0 Å². The van der Waals surface area contributed by atoms with E-state index in [1.54, 1.807) is 14.2 Å². The van der Waals surface area contributed by atoms with E-state index in [0.29, 0.717) is 11.7 Å². The van der Waals surface area contributed by atoms with Crippen molar-refractivity contribution >= 4 is 23.3 Å². The SMILES string of the molecule is COc1ccc([C@@]23CC[C@H](NC(=O)Nc4ccc(F)c(Cl)c4)C[C@H]2N(C)CC3)cc1OC. The Bertz CT molecular complexity index is 1000. The molecule has 1 saturated heterocycles. The highest BCUT2D eigenvalue weighted by Gasteiger charge is 2.50. The standard InChI is InChI=1S/C24H29ClFN3O3/c1-29-11-10-24(15-4-7-20(31-2)21(12-15)32-3)9-8-17(14-22(24)29)28-23(30)27-16-5-6-19(26)18(25)13-16/h4-7,12-13,17,22H,8-11,14H2,1-3H3,(H2,27,28,30)/t17-,22+,24-/m0/s1. The quantitative estimate of drug-likeness (QED) is 0.670. The lowest BCUT2D eigenvalue weighted by molar-refractivity contribution is 0.156. The van der Waals surface area contributed by atoms with E-state index in [1.807, 2.05) is 6.07 Å². The van der Waals surface area contributed by atoms with E-state index in [-0.39, 0.29) is 22.5 Å². The predicted octanol–water partition coefficient (Wildman–Crippen LogP) is 4.81. The number of urea groups is 1. The molecule has 6 nitrogen and oxygen atoms in total. The first-order valence-electron chi connectivity index (χ1n) is 10.8. The van der Waals surface area contributed by atoms with Gasteiger partial charge in [-0.15, -0.1) is 0 Å². The molecule has 4 rings (SSSR count). The average molecular weight is 462 g/mol. The highest BCUT2D eigenvalue weighted by molar-refractivity contribution is 6.31. The molecule has 1 heterocycles. The van der Waals surface area contributed by atoms with E-state index in [9.17, 15) is 9.18 Å². The van der Waals surface area contributed by atoms with Gasteiger partial charge in [0, 0.05) is 23.2 Å². The van der Waals surface area contributed by atoms with Crippen LogP contribution in [0.25, 0.3) is 0 Å². The molecule has 2 aliphatic rings. The lowest BCUT2D eigenvalue weighted by Crippen LogP contribution is -2.52. The molecule has 3 atom stereocenters. The van der Waals surface area contributed by atoms with Gasteiger partial charge in [-0.05, 0) is 75.2 Å². The van der Waals surface area contributed by atoms with Crippen LogP contribution < -0.4 is 20.1 Å². The molecule has 0 radical (unpaired) electrons. The fourth-order valence-corrected chi connectivity index (χ4v) is 5.50. The highest BCUT2D eigenvalue weighted by atomic mass is 35.5. The summed E-state index contributed by atoms with van der Waals surface area (Å²) in [5, 5.41) is 5.82. The van der Waals surface area contributed by atoms with Gasteiger partial charge in [-0.1, -0.05) is 17.7 Å². The van der Waals surface area contributed by atoms with Crippen molar-refractivity contribution in [2.45, 2.75) is 43.2 Å². The lowest BCUT2D eigenvalue weighted by Gasteiger charge is -2.45. The predicted molar refractivity (Wildman–Crippen MR) is 123 cm³/mol. The van der Waals surface area contributed by atoms with Crippen molar-refractivity contribution in [3.8, 4) is 11.5 Å². The molecule has 0 bridgehead atoms. The zero-order chi connectivity index (χ0) is 22.9. The minimum absolute atomic E-state index is 0.0206. The largest absolute Gasteiger partial charge is 0.493 e. The first-order valence-corrected chi connectivity index (χ1v) is 11.2. The maximum atomic E-state index is 13.4. The number of carbonyl (C=O) groups is 1. The molecule has 2 N–H and O–H groups in total. The van der Waals surface area contributed by atoms with Crippen molar-refractivity contribution in [2.75, 3.05) is 33.1 Å². The Morgan fingerprint density at radius 3 is 2.66 bits per heavy atom. The molecule has 2 fully saturated rings. The number of likely N-dealkylation sites (tertiary alicyclic amines) is 1. The van der Waals surface area contributed by atoms with E-state index in [2.05, 4.69) is 34.7 Å². The molecule has 2 aromatic carbocycles. The van der Waals surface area contributed by atoms with Gasteiger partial charge in [0.25, 0.3) is 0 Å². The van der Waals surface area contributed by atoms with Gasteiger partial charge in [0.1, 0.15) is 5.82 Å². The third-order valence-corrected chi connectivity index (χ3v) is 7.29. The van der Waals surface area contributed by atoms with Crippen molar-refractivity contribution in [1.82, 2.24) is 10.2 Å². The fourth-order valence-electron chi connectivity index (χ4n) is 5.32. The van der Waals surface area contributed by atoms with E-state index >= 15 is 0 Å². The normalized spacial score (nSPS) is 25.2. The summed E-state index contributed by atoms with van der Waals surface area (Å²) in [7, 11) is 5.45. The number of carbonyl (C=O) groups excluding carboxylic acids is 1. The minimum Gasteiger partial charge on any atom is -0.493 e. The number of likely N-dealkylation sites (N-methyl/N-ethyl adjacent to an activating group) is 1. The number of rotatable bonds is 5. The first-order chi connectivity index (χ1) is 15.4. The summed E-state index contributed by atoms with van der Waals surface area (Å²) in [6.07, 6.45) is 3.75. The number of hydrogen-bond acceptors (Lipinski definition) is 4. The summed E-state index contributed by atoms with van der Waals surface area (Å²) in [6.45, 7) is 1.01. The number of nitrogens with one attached hydrogen (secondary N) is 2. The maximum absolute atomic E-state index is 13.4. The van der Waals surface area contributed by atoms with Gasteiger partial charge in [-0.3, -0.25) is 0 Å². The Labute approximate surface area is 193 Å². The molecule has 1 aliphatic heterocycles. The second-order valence-corrected chi connectivity index (χ2v) is 9.08. The molecular formula is C24H29ClFN3O3. The first kappa shape index (κ1) is 22.7. The molecule has 2 aromatic rings. The van der Waals surface area contributed by atoms with Gasteiger partial charge < -0.3 is 25.0 Å². The average Bonchev–Trinajstić information content (AvgIpc) is 3.13. The van der Waals surface area contributed by atoms with E-state index in [1.165, 1.54) is 23.8 Å². The molecule has 172 valence electrons. The van der Waals surface area contributed by atoms with E-state index < -0.39 is 5.82 Å². The number of anilines is 1. The fraction of sp³-hybridized carbons (Fsp3) is 0.458. The zero-order valence-corrected chi connectivity index (χ0v) is 19.3. The smallest absolute Gasteiger partial charge is 0.319 e. The van der Waals surface area contributed by atoms with E-state index in [4.69, 9.17) is 21.1 Å². The Balaban J connectivity index is 1.47. The van der Waals surface area contributed by atoms with Crippen LogP contribution in [0.4, 0.5) is 14.9 Å². The number of ether oxygens (including phenoxy) is 2.